The van der Waals surface area contributed by atoms with Crippen LogP contribution in [0.25, 0.3) is 0 Å². The van der Waals surface area contributed by atoms with Crippen LogP contribution in [-0.4, -0.2) is 78.2 Å². The summed E-state index contributed by atoms with van der Waals surface area (Å²) in [5, 5.41) is 21.5. The zero-order valence-electron chi connectivity index (χ0n) is 14.2. The Kier molecular flexibility index (Phi) is 6.69. The fourth-order valence-electron chi connectivity index (χ4n) is 3.42. The summed E-state index contributed by atoms with van der Waals surface area (Å²) < 4.78 is 50.6. The summed E-state index contributed by atoms with van der Waals surface area (Å²) in [6.45, 7) is 0.703. The maximum atomic E-state index is 13.2. The molecular formula is C15H28F3N3O4. The molecule has 2 rings (SSSR count). The molecule has 0 bridgehead atoms. The van der Waals surface area contributed by atoms with Gasteiger partial charge < -0.3 is 36.5 Å². The number of nitrogens with one attached hydrogen (secondary N) is 1. The van der Waals surface area contributed by atoms with Gasteiger partial charge in [0.1, 0.15) is 6.10 Å². The molecule has 2 fully saturated rings. The number of ether oxygens (including phenoxy) is 2. The lowest BCUT2D eigenvalue weighted by Gasteiger charge is -2.31. The summed E-state index contributed by atoms with van der Waals surface area (Å²) in [6.07, 6.45) is -6.10. The largest absolute Gasteiger partial charge is 0.417 e. The summed E-state index contributed by atoms with van der Waals surface area (Å²) in [7, 11) is 0. The highest BCUT2D eigenvalue weighted by Gasteiger charge is 2.58. The fourth-order valence-corrected chi connectivity index (χ4v) is 3.42. The van der Waals surface area contributed by atoms with Crippen LogP contribution in [0.15, 0.2) is 0 Å². The average molecular weight is 371 g/mol. The van der Waals surface area contributed by atoms with Crippen molar-refractivity contribution in [2.24, 2.45) is 11.5 Å². The van der Waals surface area contributed by atoms with Crippen molar-refractivity contribution in [2.75, 3.05) is 19.8 Å². The van der Waals surface area contributed by atoms with Crippen LogP contribution in [0, 0.1) is 0 Å². The first-order valence-electron chi connectivity index (χ1n) is 8.48. The zero-order chi connectivity index (χ0) is 18.8. The number of nitrogens with two attached hydrogens (primary N) is 2. The van der Waals surface area contributed by atoms with Crippen LogP contribution in [0.5, 0.6) is 0 Å². The van der Waals surface area contributed by atoms with Gasteiger partial charge >= 0.3 is 6.18 Å². The predicted octanol–water partition coefficient (Wildman–Crippen LogP) is -0.759. The van der Waals surface area contributed by atoms with E-state index in [-0.39, 0.29) is 38.1 Å². The van der Waals surface area contributed by atoms with E-state index < -0.39 is 42.7 Å². The van der Waals surface area contributed by atoms with Crippen molar-refractivity contribution in [2.45, 2.75) is 74.4 Å². The average Bonchev–Trinajstić information content (AvgIpc) is 3.15. The molecule has 10 heteroatoms. The molecule has 7 nitrogen and oxygen atoms in total. The molecule has 0 spiro atoms. The lowest BCUT2D eigenvalue weighted by Crippen LogP contribution is -2.52. The molecule has 2 saturated heterocycles. The molecule has 2 heterocycles. The Morgan fingerprint density at radius 1 is 1.44 bits per heavy atom. The maximum absolute atomic E-state index is 13.2. The number of aliphatic hydroxyl groups is 2. The van der Waals surface area contributed by atoms with E-state index in [0.717, 1.165) is 6.92 Å². The van der Waals surface area contributed by atoms with Gasteiger partial charge in [-0.05, 0) is 26.2 Å². The van der Waals surface area contributed by atoms with Crippen molar-refractivity contribution in [1.29, 1.82) is 0 Å². The first-order chi connectivity index (χ1) is 11.6. The molecule has 148 valence electrons. The van der Waals surface area contributed by atoms with Crippen molar-refractivity contribution in [3.63, 3.8) is 0 Å². The van der Waals surface area contributed by atoms with Crippen LogP contribution < -0.4 is 16.8 Å². The summed E-state index contributed by atoms with van der Waals surface area (Å²) in [4.78, 5) is 0. The van der Waals surface area contributed by atoms with E-state index >= 15 is 0 Å². The molecule has 7 N–H and O–H groups in total. The second-order valence-corrected chi connectivity index (χ2v) is 7.07. The van der Waals surface area contributed by atoms with E-state index in [2.05, 4.69) is 5.32 Å². The number of hydrogen-bond acceptors (Lipinski definition) is 7. The van der Waals surface area contributed by atoms with Crippen molar-refractivity contribution in [3.8, 4) is 0 Å². The summed E-state index contributed by atoms with van der Waals surface area (Å²) in [6, 6.07) is -1.07. The van der Waals surface area contributed by atoms with E-state index in [1.165, 1.54) is 0 Å². The normalized spacial score (nSPS) is 38.9. The first-order valence-corrected chi connectivity index (χ1v) is 8.48. The lowest BCUT2D eigenvalue weighted by molar-refractivity contribution is -0.267. The summed E-state index contributed by atoms with van der Waals surface area (Å²) in [5.74, 6) is 0. The number of rotatable bonds is 7. The van der Waals surface area contributed by atoms with Gasteiger partial charge in [0, 0.05) is 18.6 Å². The lowest BCUT2D eigenvalue weighted by atomic mass is 9.98. The molecule has 0 saturated carbocycles. The van der Waals surface area contributed by atoms with Crippen LogP contribution in [0.4, 0.5) is 13.2 Å². The van der Waals surface area contributed by atoms with E-state index in [4.69, 9.17) is 26.0 Å². The Balaban J connectivity index is 2.06. The van der Waals surface area contributed by atoms with E-state index in [0.29, 0.717) is 6.42 Å². The number of hydrogen-bond donors (Lipinski definition) is 5. The van der Waals surface area contributed by atoms with Crippen molar-refractivity contribution >= 4 is 0 Å². The minimum absolute atomic E-state index is 0.118. The van der Waals surface area contributed by atoms with E-state index in [9.17, 15) is 18.3 Å². The van der Waals surface area contributed by atoms with Gasteiger partial charge in [-0.1, -0.05) is 0 Å². The topological polar surface area (TPSA) is 123 Å². The third-order valence-electron chi connectivity index (χ3n) is 5.11. The second-order valence-electron chi connectivity index (χ2n) is 7.07. The van der Waals surface area contributed by atoms with Gasteiger partial charge in [0.05, 0.1) is 31.5 Å². The molecule has 7 atom stereocenters. The van der Waals surface area contributed by atoms with Gasteiger partial charge in [-0.2, -0.15) is 13.2 Å². The van der Waals surface area contributed by atoms with Crippen molar-refractivity contribution in [3.05, 3.63) is 0 Å². The Hall–Kier alpha value is -0.490. The molecular weight excluding hydrogens is 343 g/mol. The molecule has 2 aliphatic heterocycles. The van der Waals surface area contributed by atoms with Crippen LogP contribution >= 0.6 is 0 Å². The standard InChI is InChI=1S/C15H28F3N3O4/c1-14(15(16,17)18)3-2-11(25-14)13-12(24-7-8(23)6-22)4-10(21-13)9(20)5-19/h8-13,21-23H,2-7,19-20H2,1H3/t8?,9?,10?,11?,12-,13?,14-/m1/s1. The second kappa shape index (κ2) is 8.03. The fraction of sp³-hybridized carbons (Fsp3) is 1.00. The number of halogens is 3. The summed E-state index contributed by atoms with van der Waals surface area (Å²) >= 11 is 0. The van der Waals surface area contributed by atoms with Crippen LogP contribution in [0.2, 0.25) is 0 Å². The Morgan fingerprint density at radius 2 is 2.12 bits per heavy atom. The van der Waals surface area contributed by atoms with Gasteiger partial charge in [0.25, 0.3) is 0 Å². The van der Waals surface area contributed by atoms with Crippen LogP contribution in [-0.2, 0) is 9.47 Å². The summed E-state index contributed by atoms with van der Waals surface area (Å²) in [5.41, 5.74) is 9.36. The zero-order valence-corrected chi connectivity index (χ0v) is 14.2. The van der Waals surface area contributed by atoms with E-state index in [1.54, 1.807) is 0 Å². The molecule has 0 aliphatic carbocycles. The minimum atomic E-state index is -4.45. The number of alkyl halides is 3. The SMILES string of the molecule is C[C@]1(C(F)(F)F)CCC(C2NC(C(N)CN)C[C@H]2OCC(O)CO)O1. The Labute approximate surface area is 144 Å². The van der Waals surface area contributed by atoms with Crippen LogP contribution in [0.1, 0.15) is 26.2 Å². The Morgan fingerprint density at radius 3 is 2.64 bits per heavy atom. The molecule has 0 radical (unpaired) electrons. The molecule has 25 heavy (non-hydrogen) atoms. The maximum Gasteiger partial charge on any atom is 0.417 e. The van der Waals surface area contributed by atoms with Crippen molar-refractivity contribution < 1.29 is 32.9 Å². The van der Waals surface area contributed by atoms with Crippen LogP contribution in [0.3, 0.4) is 0 Å². The smallest absolute Gasteiger partial charge is 0.394 e. The predicted molar refractivity (Wildman–Crippen MR) is 83.8 cm³/mol. The highest BCUT2D eigenvalue weighted by Crippen LogP contribution is 2.45. The molecule has 2 aliphatic rings. The third kappa shape index (κ3) is 4.62. The molecule has 0 amide bonds. The quantitative estimate of drug-likeness (QED) is 0.399. The van der Waals surface area contributed by atoms with E-state index in [1.807, 2.05) is 0 Å². The highest BCUT2D eigenvalue weighted by atomic mass is 19.4. The Bertz CT molecular complexity index is 443. The van der Waals surface area contributed by atoms with Gasteiger partial charge in [0.2, 0.25) is 0 Å². The third-order valence-corrected chi connectivity index (χ3v) is 5.11. The van der Waals surface area contributed by atoms with Gasteiger partial charge in [-0.15, -0.1) is 0 Å². The molecule has 0 aromatic carbocycles. The molecule has 5 unspecified atom stereocenters. The minimum Gasteiger partial charge on any atom is -0.394 e. The first kappa shape index (κ1) is 20.8. The van der Waals surface area contributed by atoms with Gasteiger partial charge in [-0.3, -0.25) is 0 Å². The molecule has 0 aromatic heterocycles. The highest BCUT2D eigenvalue weighted by molar-refractivity contribution is 5.04. The monoisotopic (exact) mass is 371 g/mol. The van der Waals surface area contributed by atoms with Gasteiger partial charge in [0.15, 0.2) is 5.60 Å². The van der Waals surface area contributed by atoms with Crippen molar-refractivity contribution in [1.82, 2.24) is 5.32 Å². The van der Waals surface area contributed by atoms with Gasteiger partial charge in [-0.25, -0.2) is 0 Å². The molecule has 0 aromatic rings. The number of aliphatic hydroxyl groups excluding tert-OH is 2.